The summed E-state index contributed by atoms with van der Waals surface area (Å²) in [5.41, 5.74) is 1.32. The first-order chi connectivity index (χ1) is 17.7. The summed E-state index contributed by atoms with van der Waals surface area (Å²) < 4.78 is 32.0. The largest absolute Gasteiger partial charge is 1.00 e. The summed E-state index contributed by atoms with van der Waals surface area (Å²) in [7, 11) is 1.42. The summed E-state index contributed by atoms with van der Waals surface area (Å²) in [4.78, 5) is 26.9. The summed E-state index contributed by atoms with van der Waals surface area (Å²) in [6.07, 6.45) is 1.56. The Hall–Kier alpha value is -2.28. The molecular formula is C29H39F2LiN2O5. The molecule has 2 heterocycles. The van der Waals surface area contributed by atoms with Gasteiger partial charge in [-0.05, 0) is 36.8 Å². The predicted molar refractivity (Wildman–Crippen MR) is 139 cm³/mol. The number of hydrogen-bond donors (Lipinski definition) is 1. The molecule has 2 fully saturated rings. The number of hydrogen-bond acceptors (Lipinski definition) is 6. The summed E-state index contributed by atoms with van der Waals surface area (Å²) in [5.74, 6) is -0.986. The topological polar surface area (TPSA) is 100 Å². The van der Waals surface area contributed by atoms with Crippen molar-refractivity contribution in [1.82, 2.24) is 9.80 Å². The van der Waals surface area contributed by atoms with Crippen molar-refractivity contribution >= 4 is 11.9 Å². The summed E-state index contributed by atoms with van der Waals surface area (Å²) >= 11 is 0. The first kappa shape index (κ1) is 34.7. The number of benzene rings is 2. The minimum Gasteiger partial charge on any atom is -0.870 e. The van der Waals surface area contributed by atoms with Crippen LogP contribution < -0.4 is 18.9 Å². The van der Waals surface area contributed by atoms with Crippen molar-refractivity contribution in [3.05, 3.63) is 71.3 Å². The molecule has 2 aromatic carbocycles. The third-order valence-corrected chi connectivity index (χ3v) is 7.06. The molecule has 210 valence electrons. The number of carboxylic acids is 1. The molecule has 0 spiro atoms. The van der Waals surface area contributed by atoms with Crippen LogP contribution in [0.3, 0.4) is 0 Å². The number of ether oxygens (including phenoxy) is 1. The van der Waals surface area contributed by atoms with Crippen molar-refractivity contribution in [3.8, 4) is 0 Å². The Balaban J connectivity index is 0.000000371. The zero-order chi connectivity index (χ0) is 26.9. The summed E-state index contributed by atoms with van der Waals surface area (Å²) in [6, 6.07) is 13.5. The third kappa shape index (κ3) is 10.7. The molecule has 39 heavy (non-hydrogen) atoms. The van der Waals surface area contributed by atoms with Crippen LogP contribution in [0.25, 0.3) is 0 Å². The Kier molecular flexibility index (Phi) is 14.9. The van der Waals surface area contributed by atoms with Gasteiger partial charge < -0.3 is 15.3 Å². The molecule has 0 aromatic heterocycles. The number of methoxy groups -OCH3 is 1. The van der Waals surface area contributed by atoms with E-state index in [2.05, 4.69) is 11.8 Å². The van der Waals surface area contributed by atoms with Gasteiger partial charge in [-0.25, -0.2) is 8.78 Å². The van der Waals surface area contributed by atoms with E-state index in [1.54, 1.807) is 30.3 Å². The Labute approximate surface area is 242 Å². The molecule has 0 bridgehead atoms. The average molecular weight is 541 g/mol. The molecule has 2 aromatic rings. The quantitative estimate of drug-likeness (QED) is 0.440. The molecule has 4 rings (SSSR count). The van der Waals surface area contributed by atoms with E-state index in [9.17, 15) is 18.4 Å². The van der Waals surface area contributed by atoms with E-state index in [-0.39, 0.29) is 53.8 Å². The van der Waals surface area contributed by atoms with Gasteiger partial charge in [-0.2, -0.15) is 0 Å². The van der Waals surface area contributed by atoms with E-state index in [4.69, 9.17) is 9.84 Å². The zero-order valence-electron chi connectivity index (χ0n) is 23.4. The van der Waals surface area contributed by atoms with E-state index < -0.39 is 5.97 Å². The minimum atomic E-state index is -0.750. The first-order valence-corrected chi connectivity index (χ1v) is 12.9. The van der Waals surface area contributed by atoms with Crippen molar-refractivity contribution in [1.29, 1.82) is 0 Å². The fourth-order valence-electron chi connectivity index (χ4n) is 5.43. The van der Waals surface area contributed by atoms with E-state index in [0.717, 1.165) is 19.5 Å². The second kappa shape index (κ2) is 16.7. The normalized spacial score (nSPS) is 23.3. The van der Waals surface area contributed by atoms with Gasteiger partial charge in [-0.1, -0.05) is 50.2 Å². The molecular weight excluding hydrogens is 501 g/mol. The van der Waals surface area contributed by atoms with Gasteiger partial charge in [-0.3, -0.25) is 19.4 Å². The van der Waals surface area contributed by atoms with E-state index in [0.29, 0.717) is 55.6 Å². The van der Waals surface area contributed by atoms with Crippen LogP contribution in [0.4, 0.5) is 8.78 Å². The van der Waals surface area contributed by atoms with Crippen molar-refractivity contribution < 1.29 is 52.6 Å². The molecule has 7 nitrogen and oxygen atoms in total. The van der Waals surface area contributed by atoms with Crippen molar-refractivity contribution in [2.24, 2.45) is 23.7 Å². The van der Waals surface area contributed by atoms with Crippen molar-refractivity contribution in [3.63, 3.8) is 0 Å². The Morgan fingerprint density at radius 1 is 0.821 bits per heavy atom. The van der Waals surface area contributed by atoms with Crippen LogP contribution in [0.1, 0.15) is 37.8 Å². The third-order valence-electron chi connectivity index (χ3n) is 7.06. The van der Waals surface area contributed by atoms with Crippen LogP contribution in [0.15, 0.2) is 48.5 Å². The maximum absolute atomic E-state index is 13.6. The summed E-state index contributed by atoms with van der Waals surface area (Å²) in [6.45, 7) is 8.07. The number of carbonyl (C=O) groups is 2. The molecule has 0 radical (unpaired) electrons. The Morgan fingerprint density at radius 2 is 1.23 bits per heavy atom. The molecule has 0 amide bonds. The number of piperidine rings is 2. The fourth-order valence-corrected chi connectivity index (χ4v) is 5.43. The average Bonchev–Trinajstić information content (AvgIpc) is 2.86. The number of carboxylic acid groups (broad SMARTS) is 1. The van der Waals surface area contributed by atoms with Gasteiger partial charge in [0, 0.05) is 50.4 Å². The van der Waals surface area contributed by atoms with Gasteiger partial charge in [0.05, 0.1) is 18.9 Å². The van der Waals surface area contributed by atoms with Gasteiger partial charge in [-0.15, -0.1) is 0 Å². The van der Waals surface area contributed by atoms with Crippen molar-refractivity contribution in [2.75, 3.05) is 33.3 Å². The molecule has 0 saturated carbocycles. The van der Waals surface area contributed by atoms with Crippen LogP contribution in [-0.2, 0) is 27.4 Å². The Morgan fingerprint density at radius 3 is 1.64 bits per heavy atom. The second-order valence-corrected chi connectivity index (χ2v) is 10.5. The number of nitrogens with zero attached hydrogens (tertiary/aromatic N) is 2. The molecule has 2 N–H and O–H groups in total. The number of halogens is 2. The molecule has 4 atom stereocenters. The van der Waals surface area contributed by atoms with Gasteiger partial charge in [0.2, 0.25) is 0 Å². The smallest absolute Gasteiger partial charge is 0.870 e. The number of carbonyl (C=O) groups excluding carboxylic acids is 1. The minimum absolute atomic E-state index is 0. The molecule has 2 aliphatic rings. The van der Waals surface area contributed by atoms with Crippen LogP contribution >= 0.6 is 0 Å². The van der Waals surface area contributed by atoms with Crippen LogP contribution in [0.5, 0.6) is 0 Å². The summed E-state index contributed by atoms with van der Waals surface area (Å²) in [5, 5.41) is 9.09. The number of likely N-dealkylation sites (tertiary alicyclic amines) is 2. The van der Waals surface area contributed by atoms with Gasteiger partial charge in [0.15, 0.2) is 0 Å². The standard InChI is InChI=1S/C15H20FNO2.C14H18FNO2.Li.H2O/c1-11-7-13(15(18)19-2)10-17(8-11)9-12-5-3-4-6-14(12)16;1-10-6-12(14(17)18)9-16(7-10)8-11-4-2-3-5-13(11)15;;/h3-6,11,13H,7-10H2,1-2H3;2-5,10,12H,6-9H2,1H3,(H,17,18);;1H2/q;;+1;/p-1. The number of esters is 1. The number of rotatable bonds is 6. The molecule has 2 saturated heterocycles. The SMILES string of the molecule is CC1CC(C(=O)O)CN(Cc2ccccc2F)C1.COC(=O)C1CC(C)CN(Cc2ccccc2F)C1.[Li+].[OH-]. The first-order valence-electron chi connectivity index (χ1n) is 12.9. The van der Waals surface area contributed by atoms with Crippen LogP contribution in [0.2, 0.25) is 0 Å². The molecule has 4 unspecified atom stereocenters. The maximum Gasteiger partial charge on any atom is 1.00 e. The van der Waals surface area contributed by atoms with Crippen LogP contribution in [0, 0.1) is 35.3 Å². The van der Waals surface area contributed by atoms with Crippen LogP contribution in [-0.4, -0.2) is 65.6 Å². The second-order valence-electron chi connectivity index (χ2n) is 10.5. The van der Waals surface area contributed by atoms with Crippen molar-refractivity contribution in [2.45, 2.75) is 39.8 Å². The van der Waals surface area contributed by atoms with E-state index in [1.165, 1.54) is 19.2 Å². The van der Waals surface area contributed by atoms with Gasteiger partial charge >= 0.3 is 30.8 Å². The molecule has 10 heteroatoms. The molecule has 0 aliphatic carbocycles. The van der Waals surface area contributed by atoms with E-state index in [1.807, 2.05) is 17.9 Å². The molecule has 2 aliphatic heterocycles. The Bertz CT molecular complexity index is 1060. The fraction of sp³-hybridized carbons (Fsp3) is 0.517. The predicted octanol–water partition coefficient (Wildman–Crippen LogP) is 1.65. The van der Waals surface area contributed by atoms with E-state index >= 15 is 0 Å². The van der Waals surface area contributed by atoms with Gasteiger partial charge in [0.25, 0.3) is 0 Å². The monoisotopic (exact) mass is 540 g/mol. The van der Waals surface area contributed by atoms with Gasteiger partial charge in [0.1, 0.15) is 11.6 Å². The zero-order valence-corrected chi connectivity index (χ0v) is 23.4. The number of aliphatic carboxylic acids is 1. The maximum atomic E-state index is 13.6.